The second-order valence-corrected chi connectivity index (χ2v) is 11.0. The van der Waals surface area contributed by atoms with E-state index in [-0.39, 0.29) is 27.7 Å². The molecule has 6 nitrogen and oxygen atoms in total. The fourth-order valence-electron chi connectivity index (χ4n) is 3.57. The van der Waals surface area contributed by atoms with Gasteiger partial charge in [-0.15, -0.1) is 0 Å². The van der Waals surface area contributed by atoms with Crippen molar-refractivity contribution in [3.05, 3.63) is 108 Å². The van der Waals surface area contributed by atoms with Crippen LogP contribution in [0.1, 0.15) is 48.2 Å². The molecule has 4 rings (SSSR count). The second-order valence-electron chi connectivity index (χ2n) is 9.12. The fourth-order valence-corrected chi connectivity index (χ4v) is 4.77. The van der Waals surface area contributed by atoms with E-state index in [0.29, 0.717) is 12.3 Å². The molecule has 0 spiro atoms. The molecule has 0 radical (unpaired) electrons. The number of hydrogen-bond donors (Lipinski definition) is 0. The summed E-state index contributed by atoms with van der Waals surface area (Å²) in [7, 11) is -3.86. The monoisotopic (exact) mass is 477 g/mol. The van der Waals surface area contributed by atoms with E-state index < -0.39 is 15.7 Å². The van der Waals surface area contributed by atoms with Crippen molar-refractivity contribution in [2.24, 2.45) is 0 Å². The summed E-state index contributed by atoms with van der Waals surface area (Å²) in [5, 5.41) is -0.269. The molecular formula is C27H27NO5S. The molecule has 4 aromatic rings. The van der Waals surface area contributed by atoms with Crippen LogP contribution < -0.4 is 0 Å². The van der Waals surface area contributed by atoms with Crippen molar-refractivity contribution in [2.75, 3.05) is 0 Å². The van der Waals surface area contributed by atoms with Gasteiger partial charge in [-0.25, -0.2) is 8.42 Å². The average molecular weight is 478 g/mol. The molecule has 0 fully saturated rings. The van der Waals surface area contributed by atoms with E-state index >= 15 is 0 Å². The summed E-state index contributed by atoms with van der Waals surface area (Å²) < 4.78 is 36.7. The third-order valence-corrected chi connectivity index (χ3v) is 7.16. The van der Waals surface area contributed by atoms with Crippen LogP contribution in [0.25, 0.3) is 0 Å². The molecule has 1 amide bonds. The van der Waals surface area contributed by atoms with Gasteiger partial charge >= 0.3 is 0 Å². The first kappa shape index (κ1) is 23.6. The summed E-state index contributed by atoms with van der Waals surface area (Å²) in [6.45, 7) is 6.96. The lowest BCUT2D eigenvalue weighted by Crippen LogP contribution is -2.29. The number of sulfone groups is 1. The summed E-state index contributed by atoms with van der Waals surface area (Å²) >= 11 is 0. The summed E-state index contributed by atoms with van der Waals surface area (Å²) in [4.78, 5) is 15.1. The lowest BCUT2D eigenvalue weighted by Gasteiger charge is -2.22. The Kier molecular flexibility index (Phi) is 6.48. The number of hydrogen-bond acceptors (Lipinski definition) is 5. The summed E-state index contributed by atoms with van der Waals surface area (Å²) in [5.74, 6) is 0.140. The Morgan fingerprint density at radius 2 is 1.56 bits per heavy atom. The number of nitrogens with zero attached hydrogens (tertiary/aromatic N) is 1. The molecule has 0 saturated carbocycles. The van der Waals surface area contributed by atoms with Gasteiger partial charge < -0.3 is 13.7 Å². The fraction of sp³-hybridized carbons (Fsp3) is 0.222. The standard InChI is InChI=1S/C27H27NO5S/c1-27(2,3)21-13-11-20(12-14-21)18-28(19-22-8-7-17-32-22)26(29)24-15-16-25(33-24)34(30,31)23-9-5-4-6-10-23/h4-17H,18-19H2,1-3H3. The first-order valence-corrected chi connectivity index (χ1v) is 12.4. The number of carbonyl (C=O) groups is 1. The van der Waals surface area contributed by atoms with Crippen molar-refractivity contribution in [3.63, 3.8) is 0 Å². The van der Waals surface area contributed by atoms with Crippen LogP contribution >= 0.6 is 0 Å². The SMILES string of the molecule is CC(C)(C)c1ccc(CN(Cc2ccco2)C(=O)c2ccc(S(=O)(=O)c3ccccc3)o2)cc1. The highest BCUT2D eigenvalue weighted by atomic mass is 32.2. The summed E-state index contributed by atoms with van der Waals surface area (Å²) in [5.41, 5.74) is 2.16. The van der Waals surface area contributed by atoms with Crippen LogP contribution in [0.15, 0.2) is 104 Å². The van der Waals surface area contributed by atoms with E-state index in [2.05, 4.69) is 32.9 Å². The van der Waals surface area contributed by atoms with Gasteiger partial charge in [0.25, 0.3) is 5.91 Å². The molecule has 34 heavy (non-hydrogen) atoms. The molecular weight excluding hydrogens is 450 g/mol. The quantitative estimate of drug-likeness (QED) is 0.334. The van der Waals surface area contributed by atoms with Crippen molar-refractivity contribution in [3.8, 4) is 0 Å². The first-order chi connectivity index (χ1) is 16.1. The molecule has 2 aromatic heterocycles. The molecule has 0 saturated heterocycles. The Bertz CT molecular complexity index is 1350. The topological polar surface area (TPSA) is 80.7 Å². The molecule has 0 atom stereocenters. The van der Waals surface area contributed by atoms with Crippen LogP contribution in [0.4, 0.5) is 0 Å². The molecule has 0 bridgehead atoms. The van der Waals surface area contributed by atoms with E-state index in [1.165, 1.54) is 29.8 Å². The van der Waals surface area contributed by atoms with Crippen LogP contribution in [-0.4, -0.2) is 19.2 Å². The maximum absolute atomic E-state index is 13.4. The number of rotatable bonds is 7. The maximum atomic E-state index is 13.4. The maximum Gasteiger partial charge on any atom is 0.290 e. The molecule has 2 heterocycles. The van der Waals surface area contributed by atoms with Crippen molar-refractivity contribution >= 4 is 15.7 Å². The molecule has 0 N–H and O–H groups in total. The van der Waals surface area contributed by atoms with Crippen molar-refractivity contribution in [1.82, 2.24) is 4.90 Å². The Hall–Kier alpha value is -3.58. The lowest BCUT2D eigenvalue weighted by atomic mass is 9.87. The number of furan rings is 2. The van der Waals surface area contributed by atoms with Gasteiger partial charge in [0.1, 0.15) is 5.76 Å². The Labute approximate surface area is 199 Å². The summed E-state index contributed by atoms with van der Waals surface area (Å²) in [6.07, 6.45) is 1.55. The minimum absolute atomic E-state index is 0.0248. The normalized spacial score (nSPS) is 12.0. The van der Waals surface area contributed by atoms with Gasteiger partial charge in [-0.1, -0.05) is 63.2 Å². The predicted octanol–water partition coefficient (Wildman–Crippen LogP) is 5.85. The zero-order valence-corrected chi connectivity index (χ0v) is 20.2. The van der Waals surface area contributed by atoms with Gasteiger partial charge in [-0.05, 0) is 52.9 Å². The summed E-state index contributed by atoms with van der Waals surface area (Å²) in [6, 6.07) is 22.4. The zero-order valence-electron chi connectivity index (χ0n) is 19.4. The van der Waals surface area contributed by atoms with E-state index in [4.69, 9.17) is 8.83 Å². The highest BCUT2D eigenvalue weighted by molar-refractivity contribution is 7.91. The molecule has 0 aliphatic carbocycles. The van der Waals surface area contributed by atoms with Crippen molar-refractivity contribution in [2.45, 2.75) is 49.3 Å². The largest absolute Gasteiger partial charge is 0.467 e. The molecule has 0 unspecified atom stereocenters. The van der Waals surface area contributed by atoms with Crippen LogP contribution in [-0.2, 0) is 28.3 Å². The molecule has 0 aliphatic rings. The van der Waals surface area contributed by atoms with Crippen LogP contribution in [0, 0.1) is 0 Å². The first-order valence-electron chi connectivity index (χ1n) is 11.0. The minimum Gasteiger partial charge on any atom is -0.467 e. The van der Waals surface area contributed by atoms with Crippen molar-refractivity contribution < 1.29 is 22.0 Å². The third kappa shape index (κ3) is 5.15. The lowest BCUT2D eigenvalue weighted by molar-refractivity contribution is 0.0679. The highest BCUT2D eigenvalue weighted by Crippen LogP contribution is 2.25. The van der Waals surface area contributed by atoms with Gasteiger partial charge in [0, 0.05) is 6.54 Å². The third-order valence-electron chi connectivity index (χ3n) is 5.52. The number of benzene rings is 2. The smallest absolute Gasteiger partial charge is 0.290 e. The van der Waals surface area contributed by atoms with Gasteiger partial charge in [0.05, 0.1) is 17.7 Å². The predicted molar refractivity (Wildman–Crippen MR) is 128 cm³/mol. The van der Waals surface area contributed by atoms with Gasteiger partial charge in [-0.3, -0.25) is 4.79 Å². The Morgan fingerprint density at radius 3 is 2.18 bits per heavy atom. The van der Waals surface area contributed by atoms with Gasteiger partial charge in [0.2, 0.25) is 14.9 Å². The van der Waals surface area contributed by atoms with Gasteiger partial charge in [0.15, 0.2) is 5.76 Å². The second kappa shape index (κ2) is 9.35. The van der Waals surface area contributed by atoms with Gasteiger partial charge in [-0.2, -0.15) is 0 Å². The number of amides is 1. The molecule has 7 heteroatoms. The van der Waals surface area contributed by atoms with Crippen LogP contribution in [0.3, 0.4) is 0 Å². The van der Waals surface area contributed by atoms with E-state index in [1.807, 2.05) is 12.1 Å². The van der Waals surface area contributed by atoms with Crippen molar-refractivity contribution in [1.29, 1.82) is 0 Å². The van der Waals surface area contributed by atoms with E-state index in [0.717, 1.165) is 5.56 Å². The van der Waals surface area contributed by atoms with E-state index in [9.17, 15) is 13.2 Å². The van der Waals surface area contributed by atoms with Crippen LogP contribution in [0.2, 0.25) is 0 Å². The number of carbonyl (C=O) groups excluding carboxylic acids is 1. The average Bonchev–Trinajstić information content (AvgIpc) is 3.51. The molecule has 2 aromatic carbocycles. The van der Waals surface area contributed by atoms with Crippen LogP contribution in [0.5, 0.6) is 0 Å². The zero-order chi connectivity index (χ0) is 24.3. The Balaban J connectivity index is 1.60. The highest BCUT2D eigenvalue weighted by Gasteiger charge is 2.26. The Morgan fingerprint density at radius 1 is 0.853 bits per heavy atom. The minimum atomic E-state index is -3.86. The van der Waals surface area contributed by atoms with E-state index in [1.54, 1.807) is 41.5 Å². The molecule has 0 aliphatic heterocycles. The molecule has 176 valence electrons.